The van der Waals surface area contributed by atoms with Crippen molar-refractivity contribution >= 4 is 11.6 Å². The molecule has 0 aliphatic heterocycles. The first-order chi connectivity index (χ1) is 9.01. The summed E-state index contributed by atoms with van der Waals surface area (Å²) in [6, 6.07) is 15.7. The van der Waals surface area contributed by atoms with Gasteiger partial charge in [-0.25, -0.2) is 0 Å². The molecule has 1 atom stereocenters. The molecule has 0 aliphatic rings. The highest BCUT2D eigenvalue weighted by Crippen LogP contribution is 2.26. The first kappa shape index (κ1) is 13.9. The number of halogens is 1. The molecular formula is C16H18ClNO. The van der Waals surface area contributed by atoms with Gasteiger partial charge in [-0.3, -0.25) is 0 Å². The van der Waals surface area contributed by atoms with Gasteiger partial charge in [0.15, 0.2) is 0 Å². The van der Waals surface area contributed by atoms with E-state index in [0.717, 1.165) is 28.3 Å². The van der Waals surface area contributed by atoms with Crippen molar-refractivity contribution in [2.75, 3.05) is 7.11 Å². The second-order valence-electron chi connectivity index (χ2n) is 4.95. The summed E-state index contributed by atoms with van der Waals surface area (Å²) in [5.41, 5.74) is 8.22. The Bertz CT molecular complexity index is 549. The topological polar surface area (TPSA) is 35.2 Å². The Morgan fingerprint density at radius 3 is 2.47 bits per heavy atom. The second-order valence-corrected chi connectivity index (χ2v) is 5.39. The fourth-order valence-corrected chi connectivity index (χ4v) is 2.23. The summed E-state index contributed by atoms with van der Waals surface area (Å²) in [6.45, 7) is 2.02. The molecule has 19 heavy (non-hydrogen) atoms. The molecule has 0 radical (unpaired) electrons. The Balaban J connectivity index is 2.23. The van der Waals surface area contributed by atoms with Crippen LogP contribution in [0.4, 0.5) is 0 Å². The van der Waals surface area contributed by atoms with Gasteiger partial charge in [0, 0.05) is 10.6 Å². The van der Waals surface area contributed by atoms with E-state index in [4.69, 9.17) is 22.1 Å². The third kappa shape index (κ3) is 3.49. The molecular weight excluding hydrogens is 258 g/mol. The van der Waals surface area contributed by atoms with Crippen LogP contribution in [0, 0.1) is 0 Å². The van der Waals surface area contributed by atoms with Crippen LogP contribution in [0.25, 0.3) is 0 Å². The maximum atomic E-state index is 6.44. The maximum Gasteiger partial charge on any atom is 0.119 e. The summed E-state index contributed by atoms with van der Waals surface area (Å²) in [5, 5.41) is 0.740. The van der Waals surface area contributed by atoms with Crippen molar-refractivity contribution in [3.8, 4) is 5.75 Å². The average molecular weight is 276 g/mol. The van der Waals surface area contributed by atoms with E-state index in [1.807, 2.05) is 55.5 Å². The Morgan fingerprint density at radius 1 is 1.16 bits per heavy atom. The fraction of sp³-hybridized carbons (Fsp3) is 0.250. The Labute approximate surface area is 119 Å². The van der Waals surface area contributed by atoms with E-state index >= 15 is 0 Å². The molecule has 0 fully saturated rings. The van der Waals surface area contributed by atoms with Crippen LogP contribution in [-0.4, -0.2) is 7.11 Å². The highest BCUT2D eigenvalue weighted by molar-refractivity contribution is 6.30. The lowest BCUT2D eigenvalue weighted by Gasteiger charge is -2.26. The van der Waals surface area contributed by atoms with Crippen molar-refractivity contribution in [2.45, 2.75) is 18.9 Å². The molecule has 0 heterocycles. The second kappa shape index (κ2) is 5.64. The minimum Gasteiger partial charge on any atom is -0.497 e. The first-order valence-corrected chi connectivity index (χ1v) is 6.57. The van der Waals surface area contributed by atoms with Gasteiger partial charge in [0.1, 0.15) is 5.75 Å². The van der Waals surface area contributed by atoms with Crippen molar-refractivity contribution in [3.63, 3.8) is 0 Å². The number of hydrogen-bond acceptors (Lipinski definition) is 2. The largest absolute Gasteiger partial charge is 0.497 e. The van der Waals surface area contributed by atoms with Gasteiger partial charge in [0.25, 0.3) is 0 Å². The van der Waals surface area contributed by atoms with E-state index in [9.17, 15) is 0 Å². The normalized spacial score (nSPS) is 13.9. The molecule has 2 nitrogen and oxygen atoms in total. The monoisotopic (exact) mass is 275 g/mol. The van der Waals surface area contributed by atoms with Crippen molar-refractivity contribution in [1.29, 1.82) is 0 Å². The number of nitrogens with two attached hydrogens (primary N) is 1. The first-order valence-electron chi connectivity index (χ1n) is 6.19. The standard InChI is InChI=1S/C16H18ClNO/c1-16(18,11-12-6-8-14(17)9-7-12)13-4-3-5-15(10-13)19-2/h3-10H,11,18H2,1-2H3. The van der Waals surface area contributed by atoms with Gasteiger partial charge in [-0.15, -0.1) is 0 Å². The number of rotatable bonds is 4. The zero-order valence-electron chi connectivity index (χ0n) is 11.2. The van der Waals surface area contributed by atoms with Gasteiger partial charge in [0.05, 0.1) is 7.11 Å². The Morgan fingerprint density at radius 2 is 1.84 bits per heavy atom. The minimum absolute atomic E-state index is 0.442. The molecule has 2 aromatic rings. The van der Waals surface area contributed by atoms with Gasteiger partial charge in [-0.05, 0) is 48.7 Å². The summed E-state index contributed by atoms with van der Waals surface area (Å²) in [7, 11) is 1.66. The van der Waals surface area contributed by atoms with Crippen LogP contribution in [0.15, 0.2) is 48.5 Å². The molecule has 0 saturated heterocycles. The maximum absolute atomic E-state index is 6.44. The molecule has 0 saturated carbocycles. The summed E-state index contributed by atoms with van der Waals surface area (Å²) in [4.78, 5) is 0. The molecule has 1 unspecified atom stereocenters. The molecule has 2 rings (SSSR count). The highest BCUT2D eigenvalue weighted by atomic mass is 35.5. The van der Waals surface area contributed by atoms with Crippen LogP contribution in [0.1, 0.15) is 18.1 Å². The zero-order chi connectivity index (χ0) is 13.9. The van der Waals surface area contributed by atoms with E-state index in [0.29, 0.717) is 0 Å². The molecule has 0 amide bonds. The highest BCUT2D eigenvalue weighted by Gasteiger charge is 2.22. The van der Waals surface area contributed by atoms with Crippen molar-refractivity contribution < 1.29 is 4.74 Å². The van der Waals surface area contributed by atoms with Crippen molar-refractivity contribution in [2.24, 2.45) is 5.73 Å². The van der Waals surface area contributed by atoms with Crippen LogP contribution in [-0.2, 0) is 12.0 Å². The molecule has 0 spiro atoms. The molecule has 2 aromatic carbocycles. The number of ether oxygens (including phenoxy) is 1. The third-order valence-electron chi connectivity index (χ3n) is 3.21. The lowest BCUT2D eigenvalue weighted by atomic mass is 9.86. The zero-order valence-corrected chi connectivity index (χ0v) is 11.9. The summed E-state index contributed by atoms with van der Waals surface area (Å²) in [6.07, 6.45) is 0.747. The van der Waals surface area contributed by atoms with E-state index in [1.165, 1.54) is 0 Å². The van der Waals surface area contributed by atoms with Crippen molar-refractivity contribution in [1.82, 2.24) is 0 Å². The molecule has 100 valence electrons. The lowest BCUT2D eigenvalue weighted by molar-refractivity contribution is 0.410. The van der Waals surface area contributed by atoms with E-state index in [-0.39, 0.29) is 0 Å². The van der Waals surface area contributed by atoms with Gasteiger partial charge >= 0.3 is 0 Å². The molecule has 0 aromatic heterocycles. The van der Waals surface area contributed by atoms with Crippen LogP contribution in [0.5, 0.6) is 5.75 Å². The summed E-state index contributed by atoms with van der Waals surface area (Å²) in [5.74, 6) is 0.824. The van der Waals surface area contributed by atoms with E-state index in [2.05, 4.69) is 0 Å². The lowest BCUT2D eigenvalue weighted by Crippen LogP contribution is -2.35. The average Bonchev–Trinajstić information content (AvgIpc) is 2.41. The SMILES string of the molecule is COc1cccc(C(C)(N)Cc2ccc(Cl)cc2)c1. The summed E-state index contributed by atoms with van der Waals surface area (Å²) < 4.78 is 5.24. The fourth-order valence-electron chi connectivity index (χ4n) is 2.11. The van der Waals surface area contributed by atoms with Gasteiger partial charge < -0.3 is 10.5 Å². The number of benzene rings is 2. The predicted molar refractivity (Wildman–Crippen MR) is 79.7 cm³/mol. The quantitative estimate of drug-likeness (QED) is 0.922. The van der Waals surface area contributed by atoms with Crippen molar-refractivity contribution in [3.05, 3.63) is 64.7 Å². The number of hydrogen-bond donors (Lipinski definition) is 1. The van der Waals surface area contributed by atoms with Crippen LogP contribution < -0.4 is 10.5 Å². The molecule has 0 bridgehead atoms. The van der Waals surface area contributed by atoms with Crippen LogP contribution >= 0.6 is 11.6 Å². The molecule has 0 aliphatic carbocycles. The van der Waals surface area contributed by atoms with Gasteiger partial charge in [-0.2, -0.15) is 0 Å². The molecule has 3 heteroatoms. The smallest absolute Gasteiger partial charge is 0.119 e. The van der Waals surface area contributed by atoms with E-state index < -0.39 is 5.54 Å². The predicted octanol–water partition coefficient (Wildman–Crippen LogP) is 3.77. The Kier molecular flexibility index (Phi) is 4.13. The van der Waals surface area contributed by atoms with Gasteiger partial charge in [0.2, 0.25) is 0 Å². The van der Waals surface area contributed by atoms with Crippen LogP contribution in [0.2, 0.25) is 5.02 Å². The molecule has 2 N–H and O–H groups in total. The van der Waals surface area contributed by atoms with Gasteiger partial charge in [-0.1, -0.05) is 35.9 Å². The van der Waals surface area contributed by atoms with Crippen LogP contribution in [0.3, 0.4) is 0 Å². The van der Waals surface area contributed by atoms with E-state index in [1.54, 1.807) is 7.11 Å². The number of methoxy groups -OCH3 is 1. The Hall–Kier alpha value is -1.51. The third-order valence-corrected chi connectivity index (χ3v) is 3.47. The summed E-state index contributed by atoms with van der Waals surface area (Å²) >= 11 is 5.89. The minimum atomic E-state index is -0.442.